The predicted molar refractivity (Wildman–Crippen MR) is 156 cm³/mol. The molecule has 0 bridgehead atoms. The number of ether oxygens (including phenoxy) is 2. The number of nitrogens with one attached hydrogen (secondary N) is 4. The summed E-state index contributed by atoms with van der Waals surface area (Å²) in [5, 5.41) is 21.5. The van der Waals surface area contributed by atoms with Gasteiger partial charge >= 0.3 is 0 Å². The van der Waals surface area contributed by atoms with Crippen molar-refractivity contribution in [3.8, 4) is 11.5 Å². The maximum Gasteiger partial charge on any atom is 0.259 e. The van der Waals surface area contributed by atoms with Crippen molar-refractivity contribution in [2.24, 2.45) is 0 Å². The van der Waals surface area contributed by atoms with Gasteiger partial charge in [0.25, 0.3) is 11.8 Å². The number of para-hydroxylation sites is 1. The Labute approximate surface area is 234 Å². The predicted octanol–water partition coefficient (Wildman–Crippen LogP) is 5.92. The number of aromatic amines is 2. The largest absolute Gasteiger partial charge is 0.493 e. The lowest BCUT2D eigenvalue weighted by molar-refractivity contribution is 0.101. The molecule has 0 saturated carbocycles. The average Bonchev–Trinajstić information content (AvgIpc) is 3.66. The molecule has 0 saturated heterocycles. The zero-order valence-electron chi connectivity index (χ0n) is 22.1. The van der Waals surface area contributed by atoms with Gasteiger partial charge in [-0.3, -0.25) is 19.8 Å². The molecule has 10 nitrogen and oxygen atoms in total. The fraction of sp³-hybridized carbons (Fsp3) is 0.0968. The Bertz CT molecular complexity index is 1880. The quantitative estimate of drug-likeness (QED) is 0.178. The van der Waals surface area contributed by atoms with Crippen molar-refractivity contribution in [3.05, 3.63) is 108 Å². The van der Waals surface area contributed by atoms with Crippen molar-refractivity contribution >= 4 is 45.0 Å². The molecule has 10 heteroatoms. The molecule has 4 aromatic carbocycles. The summed E-state index contributed by atoms with van der Waals surface area (Å²) in [6.07, 6.45) is 3.40. The molecule has 6 rings (SSSR count). The highest BCUT2D eigenvalue weighted by Gasteiger charge is 2.17. The second-order valence-corrected chi connectivity index (χ2v) is 9.30. The second-order valence-electron chi connectivity index (χ2n) is 9.30. The fourth-order valence-corrected chi connectivity index (χ4v) is 4.50. The van der Waals surface area contributed by atoms with Crippen LogP contribution in [0.4, 0.5) is 11.4 Å². The minimum absolute atomic E-state index is 0.138. The Kier molecular flexibility index (Phi) is 7.02. The first-order valence-corrected chi connectivity index (χ1v) is 13.0. The molecule has 0 atom stereocenters. The normalized spacial score (nSPS) is 11.0. The summed E-state index contributed by atoms with van der Waals surface area (Å²) in [5.74, 6) is 0.271. The van der Waals surface area contributed by atoms with Crippen LogP contribution in [0.3, 0.4) is 0 Å². The Morgan fingerprint density at radius 1 is 0.707 bits per heavy atom. The van der Waals surface area contributed by atoms with Gasteiger partial charge in [-0.2, -0.15) is 10.2 Å². The number of aromatic nitrogens is 4. The molecule has 4 N–H and O–H groups in total. The van der Waals surface area contributed by atoms with Crippen LogP contribution in [0.2, 0.25) is 0 Å². The van der Waals surface area contributed by atoms with E-state index in [1.54, 1.807) is 54.9 Å². The lowest BCUT2D eigenvalue weighted by Gasteiger charge is -2.15. The summed E-state index contributed by atoms with van der Waals surface area (Å²) in [4.78, 5) is 26.4. The number of hydrogen-bond acceptors (Lipinski definition) is 6. The average molecular weight is 547 g/mol. The molecule has 0 aliphatic rings. The molecule has 0 radical (unpaired) electrons. The third kappa shape index (κ3) is 5.57. The SMILES string of the molecule is CCOc1ccc(COc2ccccc2C(=O)Nc2ccc3[nH]ncc3c2)cc1C(=O)Nc1ccc2[nH]ncc2c1. The molecule has 6 aromatic rings. The van der Waals surface area contributed by atoms with E-state index in [2.05, 4.69) is 31.0 Å². The van der Waals surface area contributed by atoms with Gasteiger partial charge in [0.05, 0.1) is 41.2 Å². The van der Waals surface area contributed by atoms with Gasteiger partial charge in [0.2, 0.25) is 0 Å². The van der Waals surface area contributed by atoms with Crippen LogP contribution in [0.5, 0.6) is 11.5 Å². The standard InChI is InChI=1S/C31H26N6O4/c1-2-40-29-12-7-19(13-25(29)31(39)35-23-9-11-27-21(15-23)17-33-37-27)18-41-28-6-4-3-5-24(28)30(38)34-22-8-10-26-20(14-22)16-32-36-26/h3-17H,2,18H2,1H3,(H,32,36)(H,33,37)(H,34,38)(H,35,39). The second kappa shape index (κ2) is 11.2. The number of anilines is 2. The van der Waals surface area contributed by atoms with E-state index in [1.165, 1.54) is 0 Å². The molecule has 0 aliphatic carbocycles. The van der Waals surface area contributed by atoms with Crippen molar-refractivity contribution in [3.63, 3.8) is 0 Å². The van der Waals surface area contributed by atoms with Gasteiger partial charge in [-0.05, 0) is 73.2 Å². The van der Waals surface area contributed by atoms with Crippen LogP contribution in [0, 0.1) is 0 Å². The minimum atomic E-state index is -0.312. The van der Waals surface area contributed by atoms with E-state index in [1.807, 2.05) is 43.3 Å². The number of carbonyl (C=O) groups excluding carboxylic acids is 2. The van der Waals surface area contributed by atoms with Crippen molar-refractivity contribution in [2.75, 3.05) is 17.2 Å². The molecule has 204 valence electrons. The molecule has 2 aromatic heterocycles. The van der Waals surface area contributed by atoms with Gasteiger partial charge < -0.3 is 20.1 Å². The number of H-pyrrole nitrogens is 2. The van der Waals surface area contributed by atoms with E-state index in [0.29, 0.717) is 40.6 Å². The van der Waals surface area contributed by atoms with Crippen LogP contribution in [0.15, 0.2) is 91.3 Å². The molecular formula is C31H26N6O4. The summed E-state index contributed by atoms with van der Waals surface area (Å²) in [6.45, 7) is 2.41. The first-order valence-electron chi connectivity index (χ1n) is 13.0. The third-order valence-electron chi connectivity index (χ3n) is 6.51. The van der Waals surface area contributed by atoms with Crippen LogP contribution in [-0.2, 0) is 6.61 Å². The Morgan fingerprint density at radius 3 is 1.98 bits per heavy atom. The maximum absolute atomic E-state index is 13.3. The third-order valence-corrected chi connectivity index (χ3v) is 6.51. The zero-order valence-corrected chi connectivity index (χ0v) is 22.1. The monoisotopic (exact) mass is 546 g/mol. The first kappa shape index (κ1) is 25.6. The number of fused-ring (bicyclic) bond motifs is 2. The van der Waals surface area contributed by atoms with E-state index in [0.717, 1.165) is 27.4 Å². The topological polar surface area (TPSA) is 134 Å². The molecule has 0 fully saturated rings. The molecular weight excluding hydrogens is 520 g/mol. The highest BCUT2D eigenvalue weighted by atomic mass is 16.5. The van der Waals surface area contributed by atoms with Crippen LogP contribution in [0.25, 0.3) is 21.8 Å². The van der Waals surface area contributed by atoms with Crippen LogP contribution >= 0.6 is 0 Å². The molecule has 0 unspecified atom stereocenters. The molecule has 0 spiro atoms. The number of rotatable bonds is 9. The van der Waals surface area contributed by atoms with Gasteiger partial charge in [0.15, 0.2) is 0 Å². The van der Waals surface area contributed by atoms with Crippen LogP contribution in [0.1, 0.15) is 33.2 Å². The van der Waals surface area contributed by atoms with E-state index < -0.39 is 0 Å². The summed E-state index contributed by atoms with van der Waals surface area (Å²) in [5.41, 5.74) is 4.55. The number of hydrogen-bond donors (Lipinski definition) is 4. The highest BCUT2D eigenvalue weighted by Crippen LogP contribution is 2.26. The number of carbonyl (C=O) groups is 2. The van der Waals surface area contributed by atoms with E-state index in [4.69, 9.17) is 9.47 Å². The number of amides is 2. The Balaban J connectivity index is 1.18. The van der Waals surface area contributed by atoms with Crippen molar-refractivity contribution in [2.45, 2.75) is 13.5 Å². The van der Waals surface area contributed by atoms with Crippen molar-refractivity contribution in [1.29, 1.82) is 0 Å². The van der Waals surface area contributed by atoms with Gasteiger partial charge in [-0.15, -0.1) is 0 Å². The first-order chi connectivity index (χ1) is 20.1. The molecule has 2 heterocycles. The van der Waals surface area contributed by atoms with Crippen LogP contribution < -0.4 is 20.1 Å². The molecule has 41 heavy (non-hydrogen) atoms. The lowest BCUT2D eigenvalue weighted by Crippen LogP contribution is -2.15. The lowest BCUT2D eigenvalue weighted by atomic mass is 10.1. The summed E-state index contributed by atoms with van der Waals surface area (Å²) in [7, 11) is 0. The zero-order chi connectivity index (χ0) is 28.2. The molecule has 2 amide bonds. The molecule has 0 aliphatic heterocycles. The van der Waals surface area contributed by atoms with Gasteiger partial charge in [-0.1, -0.05) is 18.2 Å². The van der Waals surface area contributed by atoms with Crippen molar-refractivity contribution < 1.29 is 19.1 Å². The Morgan fingerprint density at radius 2 is 1.32 bits per heavy atom. The van der Waals surface area contributed by atoms with E-state index in [9.17, 15) is 9.59 Å². The fourth-order valence-electron chi connectivity index (χ4n) is 4.50. The van der Waals surface area contributed by atoms with Crippen molar-refractivity contribution in [1.82, 2.24) is 20.4 Å². The number of benzene rings is 4. The highest BCUT2D eigenvalue weighted by molar-refractivity contribution is 6.07. The summed E-state index contributed by atoms with van der Waals surface area (Å²) >= 11 is 0. The minimum Gasteiger partial charge on any atom is -0.493 e. The van der Waals surface area contributed by atoms with E-state index >= 15 is 0 Å². The van der Waals surface area contributed by atoms with Crippen LogP contribution in [-0.4, -0.2) is 38.8 Å². The van der Waals surface area contributed by atoms with E-state index in [-0.39, 0.29) is 18.4 Å². The summed E-state index contributed by atoms with van der Waals surface area (Å²) < 4.78 is 11.8. The van der Waals surface area contributed by atoms with Gasteiger partial charge in [-0.25, -0.2) is 0 Å². The summed E-state index contributed by atoms with van der Waals surface area (Å²) in [6, 6.07) is 23.4. The Hall–Kier alpha value is -5.64. The number of nitrogens with zero attached hydrogens (tertiary/aromatic N) is 2. The van der Waals surface area contributed by atoms with Gasteiger partial charge in [0.1, 0.15) is 18.1 Å². The maximum atomic E-state index is 13.3. The smallest absolute Gasteiger partial charge is 0.259 e. The van der Waals surface area contributed by atoms with Gasteiger partial charge in [0, 0.05) is 22.1 Å².